The first-order chi connectivity index (χ1) is 8.33. The molecule has 2 rings (SSSR count). The predicted molar refractivity (Wildman–Crippen MR) is 73.0 cm³/mol. The third kappa shape index (κ3) is 2.90. The fraction of sp³-hybridized carbons (Fsp3) is 0.286. The zero-order valence-electron chi connectivity index (χ0n) is 9.87. The van der Waals surface area contributed by atoms with E-state index >= 15 is 0 Å². The van der Waals surface area contributed by atoms with Gasteiger partial charge in [0.2, 0.25) is 0 Å². The summed E-state index contributed by atoms with van der Waals surface area (Å²) in [5.41, 5.74) is 0. The number of benzene rings is 2. The monoisotopic (exact) mass is 249 g/mol. The summed E-state index contributed by atoms with van der Waals surface area (Å²) in [4.78, 5) is 0. The van der Waals surface area contributed by atoms with E-state index in [1.54, 1.807) is 0 Å². The Morgan fingerprint density at radius 2 is 1.88 bits per heavy atom. The van der Waals surface area contributed by atoms with Crippen molar-refractivity contribution in [3.05, 3.63) is 41.4 Å². The number of halogens is 1. The smallest absolute Gasteiger partial charge is 0.127 e. The highest BCUT2D eigenvalue weighted by Crippen LogP contribution is 2.31. The van der Waals surface area contributed by atoms with Gasteiger partial charge in [-0.25, -0.2) is 0 Å². The lowest BCUT2D eigenvalue weighted by Gasteiger charge is -2.10. The molecule has 0 fully saturated rings. The molecule has 3 heteroatoms. The maximum atomic E-state index is 6.15. The van der Waals surface area contributed by atoms with Gasteiger partial charge in [0.25, 0.3) is 0 Å². The molecule has 0 atom stereocenters. The van der Waals surface area contributed by atoms with Crippen LogP contribution >= 0.6 is 11.6 Å². The minimum absolute atomic E-state index is 0.715. The lowest BCUT2D eigenvalue weighted by Crippen LogP contribution is -2.11. The summed E-state index contributed by atoms with van der Waals surface area (Å²) in [5, 5.41) is 5.98. The highest BCUT2D eigenvalue weighted by atomic mass is 35.5. The quantitative estimate of drug-likeness (QED) is 0.820. The Balaban J connectivity index is 2.20. The van der Waals surface area contributed by atoms with Gasteiger partial charge in [-0.15, -0.1) is 0 Å². The fourth-order valence-corrected chi connectivity index (χ4v) is 2.02. The molecule has 0 unspecified atom stereocenters. The molecule has 0 saturated carbocycles. The summed E-state index contributed by atoms with van der Waals surface area (Å²) in [6.45, 7) is 1.68. The molecule has 0 aliphatic heterocycles. The average molecular weight is 250 g/mol. The van der Waals surface area contributed by atoms with Crippen molar-refractivity contribution < 1.29 is 4.74 Å². The first-order valence-corrected chi connectivity index (χ1v) is 6.15. The fourth-order valence-electron chi connectivity index (χ4n) is 1.79. The van der Waals surface area contributed by atoms with Crippen LogP contribution < -0.4 is 10.1 Å². The maximum absolute atomic E-state index is 6.15. The van der Waals surface area contributed by atoms with Crippen LogP contribution in [0.5, 0.6) is 5.75 Å². The predicted octanol–water partition coefficient (Wildman–Crippen LogP) is 3.48. The molecule has 0 bridgehead atoms. The molecule has 0 heterocycles. The molecule has 1 N–H and O–H groups in total. The largest absolute Gasteiger partial charge is 0.493 e. The Labute approximate surface area is 107 Å². The minimum Gasteiger partial charge on any atom is -0.493 e. The Kier molecular flexibility index (Phi) is 4.24. The van der Waals surface area contributed by atoms with E-state index in [4.69, 9.17) is 16.3 Å². The van der Waals surface area contributed by atoms with Crippen molar-refractivity contribution in [2.75, 3.05) is 20.2 Å². The molecule has 2 nitrogen and oxygen atoms in total. The lowest BCUT2D eigenvalue weighted by molar-refractivity contribution is 0.313. The van der Waals surface area contributed by atoms with Gasteiger partial charge in [-0.2, -0.15) is 0 Å². The molecular weight excluding hydrogens is 234 g/mol. The zero-order valence-corrected chi connectivity index (χ0v) is 10.6. The van der Waals surface area contributed by atoms with Crippen molar-refractivity contribution in [1.29, 1.82) is 0 Å². The van der Waals surface area contributed by atoms with Gasteiger partial charge in [-0.3, -0.25) is 0 Å². The van der Waals surface area contributed by atoms with E-state index in [2.05, 4.69) is 5.32 Å². The Bertz CT molecular complexity index is 499. The van der Waals surface area contributed by atoms with Crippen LogP contribution in [0.4, 0.5) is 0 Å². The van der Waals surface area contributed by atoms with Crippen LogP contribution in [0, 0.1) is 0 Å². The molecule has 0 amide bonds. The summed E-state index contributed by atoms with van der Waals surface area (Å²) in [6.07, 6.45) is 0.994. The summed E-state index contributed by atoms with van der Waals surface area (Å²) in [7, 11) is 1.94. The van der Waals surface area contributed by atoms with E-state index in [1.165, 1.54) is 0 Å². The number of ether oxygens (including phenoxy) is 1. The van der Waals surface area contributed by atoms with Crippen LogP contribution in [-0.2, 0) is 0 Å². The van der Waals surface area contributed by atoms with Crippen molar-refractivity contribution in [3.8, 4) is 5.75 Å². The van der Waals surface area contributed by atoms with E-state index in [0.717, 1.165) is 34.5 Å². The molecular formula is C14H16ClNO. The summed E-state index contributed by atoms with van der Waals surface area (Å²) >= 11 is 6.15. The summed E-state index contributed by atoms with van der Waals surface area (Å²) in [5.74, 6) is 0.904. The van der Waals surface area contributed by atoms with Crippen LogP contribution in [0.3, 0.4) is 0 Å². The van der Waals surface area contributed by atoms with Crippen molar-refractivity contribution in [2.24, 2.45) is 0 Å². The third-order valence-corrected chi connectivity index (χ3v) is 2.99. The first-order valence-electron chi connectivity index (χ1n) is 5.77. The average Bonchev–Trinajstić information content (AvgIpc) is 2.37. The van der Waals surface area contributed by atoms with Crippen molar-refractivity contribution in [1.82, 2.24) is 5.32 Å². The second-order valence-electron chi connectivity index (χ2n) is 3.90. The van der Waals surface area contributed by atoms with Gasteiger partial charge in [0.15, 0.2) is 0 Å². The van der Waals surface area contributed by atoms with Crippen molar-refractivity contribution in [3.63, 3.8) is 0 Å². The van der Waals surface area contributed by atoms with Gasteiger partial charge < -0.3 is 10.1 Å². The van der Waals surface area contributed by atoms with Crippen molar-refractivity contribution in [2.45, 2.75) is 6.42 Å². The SMILES string of the molecule is CNCCCOc1ccc(Cl)c2ccccc12. The van der Waals surface area contributed by atoms with E-state index in [0.29, 0.717) is 6.61 Å². The van der Waals surface area contributed by atoms with E-state index in [1.807, 2.05) is 43.4 Å². The lowest BCUT2D eigenvalue weighted by atomic mass is 10.1. The van der Waals surface area contributed by atoms with Gasteiger partial charge in [0.05, 0.1) is 6.61 Å². The molecule has 0 saturated heterocycles. The molecule has 0 aromatic heterocycles. The molecule has 17 heavy (non-hydrogen) atoms. The van der Waals surface area contributed by atoms with Gasteiger partial charge in [0, 0.05) is 15.8 Å². The summed E-state index contributed by atoms with van der Waals surface area (Å²) < 4.78 is 5.78. The molecule has 0 radical (unpaired) electrons. The Hall–Kier alpha value is -1.25. The van der Waals surface area contributed by atoms with Crippen LogP contribution in [0.2, 0.25) is 5.02 Å². The number of nitrogens with one attached hydrogen (secondary N) is 1. The second kappa shape index (κ2) is 5.89. The Morgan fingerprint density at radius 1 is 1.12 bits per heavy atom. The van der Waals surface area contributed by atoms with Crippen LogP contribution in [0.15, 0.2) is 36.4 Å². The third-order valence-electron chi connectivity index (χ3n) is 2.66. The molecule has 0 aliphatic carbocycles. The zero-order chi connectivity index (χ0) is 12.1. The number of rotatable bonds is 5. The van der Waals surface area contributed by atoms with Gasteiger partial charge in [0.1, 0.15) is 5.75 Å². The molecule has 0 spiro atoms. The van der Waals surface area contributed by atoms with E-state index in [-0.39, 0.29) is 0 Å². The topological polar surface area (TPSA) is 21.3 Å². The first kappa shape index (κ1) is 12.2. The normalized spacial score (nSPS) is 10.7. The van der Waals surface area contributed by atoms with Gasteiger partial charge >= 0.3 is 0 Å². The second-order valence-corrected chi connectivity index (χ2v) is 4.30. The number of hydrogen-bond acceptors (Lipinski definition) is 2. The van der Waals surface area contributed by atoms with E-state index < -0.39 is 0 Å². The van der Waals surface area contributed by atoms with Crippen LogP contribution in [0.25, 0.3) is 10.8 Å². The number of fused-ring (bicyclic) bond motifs is 1. The maximum Gasteiger partial charge on any atom is 0.127 e. The molecule has 2 aromatic rings. The standard InChI is InChI=1S/C14H16ClNO/c1-16-9-4-10-17-14-8-7-13(15)11-5-2-3-6-12(11)14/h2-3,5-8,16H,4,9-10H2,1H3. The highest BCUT2D eigenvalue weighted by Gasteiger charge is 2.04. The molecule has 2 aromatic carbocycles. The minimum atomic E-state index is 0.715. The van der Waals surface area contributed by atoms with Crippen LogP contribution in [-0.4, -0.2) is 20.2 Å². The van der Waals surface area contributed by atoms with Gasteiger partial charge in [-0.1, -0.05) is 35.9 Å². The number of hydrogen-bond donors (Lipinski definition) is 1. The van der Waals surface area contributed by atoms with Gasteiger partial charge in [-0.05, 0) is 32.1 Å². The molecule has 0 aliphatic rings. The molecule has 90 valence electrons. The van der Waals surface area contributed by atoms with E-state index in [9.17, 15) is 0 Å². The van der Waals surface area contributed by atoms with Crippen molar-refractivity contribution >= 4 is 22.4 Å². The Morgan fingerprint density at radius 3 is 2.65 bits per heavy atom. The summed E-state index contributed by atoms with van der Waals surface area (Å²) in [6, 6.07) is 11.9. The van der Waals surface area contributed by atoms with Crippen LogP contribution in [0.1, 0.15) is 6.42 Å². The highest BCUT2D eigenvalue weighted by molar-refractivity contribution is 6.35.